The Morgan fingerprint density at radius 3 is 2.67 bits per heavy atom. The lowest BCUT2D eigenvalue weighted by Crippen LogP contribution is -2.43. The van der Waals surface area contributed by atoms with E-state index in [1.54, 1.807) is 0 Å². The summed E-state index contributed by atoms with van der Waals surface area (Å²) >= 11 is 0. The van der Waals surface area contributed by atoms with Crippen LogP contribution in [0.15, 0.2) is 24.3 Å². The van der Waals surface area contributed by atoms with Gasteiger partial charge < -0.3 is 15.2 Å². The Bertz CT molecular complexity index is 597. The number of benzene rings is 1. The number of nitrogens with one attached hydrogen (secondary N) is 1. The Morgan fingerprint density at radius 2 is 1.96 bits per heavy atom. The lowest BCUT2D eigenvalue weighted by Gasteiger charge is -2.35. The third kappa shape index (κ3) is 4.08. The van der Waals surface area contributed by atoms with Crippen LogP contribution >= 0.6 is 0 Å². The molecule has 0 aromatic heterocycles. The molecule has 1 aliphatic heterocycles. The number of carbonyl (C=O) groups is 1. The van der Waals surface area contributed by atoms with Crippen LogP contribution in [0.3, 0.4) is 0 Å². The zero-order valence-electron chi connectivity index (χ0n) is 14.8. The first-order valence-corrected chi connectivity index (χ1v) is 8.79. The molecule has 1 aromatic carbocycles. The summed E-state index contributed by atoms with van der Waals surface area (Å²) in [7, 11) is 0. The molecule has 1 amide bonds. The van der Waals surface area contributed by atoms with Crippen molar-refractivity contribution in [3.8, 4) is 0 Å². The van der Waals surface area contributed by atoms with Crippen molar-refractivity contribution < 1.29 is 14.6 Å². The van der Waals surface area contributed by atoms with E-state index >= 15 is 0 Å². The van der Waals surface area contributed by atoms with Crippen LogP contribution in [0.25, 0.3) is 0 Å². The first kappa shape index (κ1) is 17.2. The fourth-order valence-electron chi connectivity index (χ4n) is 3.73. The van der Waals surface area contributed by atoms with Gasteiger partial charge >= 0.3 is 6.09 Å². The van der Waals surface area contributed by atoms with Crippen molar-refractivity contribution in [3.63, 3.8) is 0 Å². The Balaban J connectivity index is 1.58. The molecule has 2 N–H and O–H groups in total. The van der Waals surface area contributed by atoms with Gasteiger partial charge in [0.05, 0.1) is 6.10 Å². The number of alkyl carbamates (subject to hydrolysis) is 1. The summed E-state index contributed by atoms with van der Waals surface area (Å²) in [4.78, 5) is 14.3. The molecule has 0 bridgehead atoms. The first-order chi connectivity index (χ1) is 11.3. The molecule has 1 aromatic rings. The highest BCUT2D eigenvalue weighted by molar-refractivity contribution is 5.68. The quantitative estimate of drug-likeness (QED) is 0.873. The average Bonchev–Trinajstić information content (AvgIpc) is 2.85. The first-order valence-electron chi connectivity index (χ1n) is 8.79. The summed E-state index contributed by atoms with van der Waals surface area (Å²) in [5, 5.41) is 13.3. The summed E-state index contributed by atoms with van der Waals surface area (Å²) in [5.41, 5.74) is 2.42. The molecule has 3 unspecified atom stereocenters. The van der Waals surface area contributed by atoms with E-state index < -0.39 is 12.2 Å². The lowest BCUT2D eigenvalue weighted by molar-refractivity contribution is 0.0623. The molecule has 132 valence electrons. The lowest BCUT2D eigenvalue weighted by atomic mass is 9.98. The van der Waals surface area contributed by atoms with Crippen LogP contribution < -0.4 is 5.32 Å². The molecule has 1 saturated carbocycles. The minimum absolute atomic E-state index is 0.0609. The molecule has 1 fully saturated rings. The molecular formula is C19H28N2O3. The van der Waals surface area contributed by atoms with E-state index in [9.17, 15) is 9.90 Å². The number of fused-ring (bicyclic) bond motifs is 1. The fourth-order valence-corrected chi connectivity index (χ4v) is 3.73. The highest BCUT2D eigenvalue weighted by Gasteiger charge is 2.39. The van der Waals surface area contributed by atoms with Crippen molar-refractivity contribution in [3.05, 3.63) is 35.4 Å². The van der Waals surface area contributed by atoms with Crippen LogP contribution in [0.4, 0.5) is 4.79 Å². The average molecular weight is 332 g/mol. The zero-order chi connectivity index (χ0) is 17.3. The van der Waals surface area contributed by atoms with Gasteiger partial charge in [0.2, 0.25) is 0 Å². The topological polar surface area (TPSA) is 61.8 Å². The summed E-state index contributed by atoms with van der Waals surface area (Å²) < 4.78 is 5.51. The molecule has 1 heterocycles. The second-order valence-corrected chi connectivity index (χ2v) is 8.00. The Kier molecular flexibility index (Phi) is 4.83. The van der Waals surface area contributed by atoms with E-state index in [-0.39, 0.29) is 17.7 Å². The maximum atomic E-state index is 11.9. The Labute approximate surface area is 144 Å². The van der Waals surface area contributed by atoms with E-state index in [0.29, 0.717) is 12.8 Å². The highest BCUT2D eigenvalue weighted by Crippen LogP contribution is 2.31. The summed E-state index contributed by atoms with van der Waals surface area (Å²) in [6, 6.07) is 8.55. The van der Waals surface area contributed by atoms with Crippen molar-refractivity contribution in [2.24, 2.45) is 0 Å². The maximum Gasteiger partial charge on any atom is 0.407 e. The SMILES string of the molecule is CC(C)(C)NC(=O)OC1CC(O)C(N2CCc3ccccc3C2)C1. The predicted octanol–water partition coefficient (Wildman–Crippen LogP) is 2.46. The van der Waals surface area contributed by atoms with Crippen molar-refractivity contribution in [1.82, 2.24) is 10.2 Å². The zero-order valence-corrected chi connectivity index (χ0v) is 14.8. The van der Waals surface area contributed by atoms with Gasteiger partial charge in [0.25, 0.3) is 0 Å². The van der Waals surface area contributed by atoms with Gasteiger partial charge in [-0.05, 0) is 38.3 Å². The van der Waals surface area contributed by atoms with E-state index in [0.717, 1.165) is 19.5 Å². The van der Waals surface area contributed by atoms with Crippen molar-refractivity contribution in [1.29, 1.82) is 0 Å². The number of aliphatic hydroxyl groups excluding tert-OH is 1. The molecule has 3 rings (SSSR count). The molecule has 5 heteroatoms. The number of carbonyl (C=O) groups excluding carboxylic acids is 1. The molecular weight excluding hydrogens is 304 g/mol. The minimum Gasteiger partial charge on any atom is -0.446 e. The molecule has 0 saturated heterocycles. The molecule has 2 aliphatic rings. The molecule has 5 nitrogen and oxygen atoms in total. The van der Waals surface area contributed by atoms with Gasteiger partial charge in [0.1, 0.15) is 6.10 Å². The van der Waals surface area contributed by atoms with Gasteiger partial charge in [-0.2, -0.15) is 0 Å². The van der Waals surface area contributed by atoms with Gasteiger partial charge in [0.15, 0.2) is 0 Å². The highest BCUT2D eigenvalue weighted by atomic mass is 16.6. The number of rotatable bonds is 2. The van der Waals surface area contributed by atoms with Crippen molar-refractivity contribution in [2.45, 2.75) is 70.4 Å². The molecule has 0 spiro atoms. The number of hydrogen-bond acceptors (Lipinski definition) is 4. The van der Waals surface area contributed by atoms with Crippen molar-refractivity contribution in [2.75, 3.05) is 6.54 Å². The van der Waals surface area contributed by atoms with Crippen molar-refractivity contribution >= 4 is 6.09 Å². The molecule has 0 radical (unpaired) electrons. The molecule has 1 aliphatic carbocycles. The fraction of sp³-hybridized carbons (Fsp3) is 0.632. The second kappa shape index (κ2) is 6.73. The number of hydrogen-bond donors (Lipinski definition) is 2. The summed E-state index contributed by atoms with van der Waals surface area (Å²) in [6.45, 7) is 7.57. The molecule has 3 atom stereocenters. The molecule has 24 heavy (non-hydrogen) atoms. The summed E-state index contributed by atoms with van der Waals surface area (Å²) in [5.74, 6) is 0. The third-order valence-electron chi connectivity index (χ3n) is 4.83. The van der Waals surface area contributed by atoms with Crippen LogP contribution in [0.5, 0.6) is 0 Å². The maximum absolute atomic E-state index is 11.9. The van der Waals surface area contributed by atoms with E-state index in [4.69, 9.17) is 4.74 Å². The Morgan fingerprint density at radius 1 is 1.25 bits per heavy atom. The number of amides is 1. The van der Waals surface area contributed by atoms with Crippen LogP contribution in [-0.2, 0) is 17.7 Å². The van der Waals surface area contributed by atoms with Gasteiger partial charge in [-0.15, -0.1) is 0 Å². The van der Waals surface area contributed by atoms with Crippen LogP contribution in [0.1, 0.15) is 44.7 Å². The number of aliphatic hydroxyl groups is 1. The smallest absolute Gasteiger partial charge is 0.407 e. The third-order valence-corrected chi connectivity index (χ3v) is 4.83. The largest absolute Gasteiger partial charge is 0.446 e. The Hall–Kier alpha value is -1.59. The monoisotopic (exact) mass is 332 g/mol. The number of nitrogens with zero attached hydrogens (tertiary/aromatic N) is 1. The number of ether oxygens (including phenoxy) is 1. The summed E-state index contributed by atoms with van der Waals surface area (Å²) in [6.07, 6.45) is 1.16. The van der Waals surface area contributed by atoms with Gasteiger partial charge in [-0.3, -0.25) is 4.90 Å². The van der Waals surface area contributed by atoms with Crippen LogP contribution in [0, 0.1) is 0 Å². The normalized spacial score (nSPS) is 27.6. The van der Waals surface area contributed by atoms with Gasteiger partial charge in [-0.1, -0.05) is 24.3 Å². The standard InChI is InChI=1S/C19H28N2O3/c1-19(2,3)20-18(23)24-15-10-16(17(22)11-15)21-9-8-13-6-4-5-7-14(13)12-21/h4-7,15-17,22H,8-12H2,1-3H3,(H,20,23). The van der Waals surface area contributed by atoms with Gasteiger partial charge in [-0.25, -0.2) is 4.79 Å². The van der Waals surface area contributed by atoms with Crippen LogP contribution in [0.2, 0.25) is 0 Å². The van der Waals surface area contributed by atoms with Crippen LogP contribution in [-0.4, -0.2) is 46.4 Å². The minimum atomic E-state index is -0.442. The van der Waals surface area contributed by atoms with E-state index in [1.165, 1.54) is 11.1 Å². The second-order valence-electron chi connectivity index (χ2n) is 8.00. The van der Waals surface area contributed by atoms with E-state index in [1.807, 2.05) is 20.8 Å². The van der Waals surface area contributed by atoms with E-state index in [2.05, 4.69) is 34.5 Å². The van der Waals surface area contributed by atoms with Gasteiger partial charge in [0, 0.05) is 37.5 Å². The predicted molar refractivity (Wildman–Crippen MR) is 92.7 cm³/mol.